The Hall–Kier alpha value is -3.39. The summed E-state index contributed by atoms with van der Waals surface area (Å²) in [5.74, 6) is -1.38. The standard InChI is InChI=1S/C20H14BrFN4O2/c21-14-7-8-17(25-20(28)18-6-1-2-9-23-18)16(11-14)19(27)26-24-12-13-4-3-5-15(22)10-13/h1-12H,(H,25,28)(H,26,27). The lowest BCUT2D eigenvalue weighted by molar-refractivity contribution is 0.0956. The summed E-state index contributed by atoms with van der Waals surface area (Å²) in [5.41, 5.74) is 3.60. The number of carbonyl (C=O) groups is 2. The molecule has 3 rings (SSSR count). The van der Waals surface area contributed by atoms with Crippen LogP contribution in [0.5, 0.6) is 0 Å². The Balaban J connectivity index is 1.76. The van der Waals surface area contributed by atoms with Gasteiger partial charge in [0.15, 0.2) is 0 Å². The van der Waals surface area contributed by atoms with Crippen molar-refractivity contribution in [2.75, 3.05) is 5.32 Å². The lowest BCUT2D eigenvalue weighted by Crippen LogP contribution is -2.21. The van der Waals surface area contributed by atoms with Crippen LogP contribution < -0.4 is 10.7 Å². The molecule has 6 nitrogen and oxygen atoms in total. The van der Waals surface area contributed by atoms with Crippen LogP contribution in [0.4, 0.5) is 10.1 Å². The van der Waals surface area contributed by atoms with Crippen molar-refractivity contribution in [3.63, 3.8) is 0 Å². The molecule has 28 heavy (non-hydrogen) atoms. The monoisotopic (exact) mass is 440 g/mol. The zero-order chi connectivity index (χ0) is 19.9. The van der Waals surface area contributed by atoms with Gasteiger partial charge in [-0.05, 0) is 48.0 Å². The molecule has 0 atom stereocenters. The Kier molecular flexibility index (Phi) is 6.23. The Morgan fingerprint density at radius 2 is 1.89 bits per heavy atom. The number of benzene rings is 2. The molecule has 2 aromatic carbocycles. The number of nitrogens with zero attached hydrogens (tertiary/aromatic N) is 2. The van der Waals surface area contributed by atoms with E-state index in [1.54, 1.807) is 42.5 Å². The summed E-state index contributed by atoms with van der Waals surface area (Å²) >= 11 is 3.30. The predicted octanol–water partition coefficient (Wildman–Crippen LogP) is 4.00. The van der Waals surface area contributed by atoms with Gasteiger partial charge >= 0.3 is 0 Å². The Labute approximate surface area is 168 Å². The van der Waals surface area contributed by atoms with Crippen LogP contribution >= 0.6 is 15.9 Å². The van der Waals surface area contributed by atoms with E-state index in [1.807, 2.05) is 0 Å². The minimum atomic E-state index is -0.537. The highest BCUT2D eigenvalue weighted by Crippen LogP contribution is 2.21. The number of carbonyl (C=O) groups excluding carboxylic acids is 2. The predicted molar refractivity (Wildman–Crippen MR) is 108 cm³/mol. The lowest BCUT2D eigenvalue weighted by atomic mass is 10.1. The van der Waals surface area contributed by atoms with Gasteiger partial charge in [0.1, 0.15) is 11.5 Å². The van der Waals surface area contributed by atoms with Crippen LogP contribution in [0.1, 0.15) is 26.4 Å². The van der Waals surface area contributed by atoms with E-state index in [4.69, 9.17) is 0 Å². The molecule has 0 saturated carbocycles. The van der Waals surface area contributed by atoms with Crippen molar-refractivity contribution in [2.45, 2.75) is 0 Å². The minimum Gasteiger partial charge on any atom is -0.320 e. The molecular weight excluding hydrogens is 427 g/mol. The maximum absolute atomic E-state index is 13.2. The van der Waals surface area contributed by atoms with Crippen LogP contribution in [0.25, 0.3) is 0 Å². The number of hydrogen-bond donors (Lipinski definition) is 2. The molecule has 0 saturated heterocycles. The molecule has 0 unspecified atom stereocenters. The number of hydrazone groups is 1. The smallest absolute Gasteiger partial charge is 0.274 e. The summed E-state index contributed by atoms with van der Waals surface area (Å²) in [4.78, 5) is 28.8. The molecule has 0 radical (unpaired) electrons. The van der Waals surface area contributed by atoms with E-state index >= 15 is 0 Å². The van der Waals surface area contributed by atoms with Crippen LogP contribution in [0.2, 0.25) is 0 Å². The van der Waals surface area contributed by atoms with Gasteiger partial charge in [-0.15, -0.1) is 0 Å². The molecule has 0 bridgehead atoms. The van der Waals surface area contributed by atoms with E-state index in [0.29, 0.717) is 15.7 Å². The third kappa shape index (κ3) is 5.08. The molecule has 3 aromatic rings. The number of anilines is 1. The molecular formula is C20H14BrFN4O2. The van der Waals surface area contributed by atoms with Gasteiger partial charge in [0.25, 0.3) is 11.8 Å². The topological polar surface area (TPSA) is 83.5 Å². The van der Waals surface area contributed by atoms with Gasteiger partial charge in [0, 0.05) is 10.7 Å². The first-order valence-electron chi connectivity index (χ1n) is 8.14. The van der Waals surface area contributed by atoms with Crippen LogP contribution in [0, 0.1) is 5.82 Å². The van der Waals surface area contributed by atoms with E-state index in [0.717, 1.165) is 0 Å². The Bertz CT molecular complexity index is 1040. The maximum atomic E-state index is 13.2. The van der Waals surface area contributed by atoms with Crippen LogP contribution in [0.3, 0.4) is 0 Å². The first-order valence-corrected chi connectivity index (χ1v) is 8.93. The first-order chi connectivity index (χ1) is 13.5. The van der Waals surface area contributed by atoms with E-state index in [9.17, 15) is 14.0 Å². The molecule has 0 spiro atoms. The summed E-state index contributed by atoms with van der Waals surface area (Å²) in [6.45, 7) is 0. The van der Waals surface area contributed by atoms with Crippen LogP contribution in [-0.4, -0.2) is 23.0 Å². The zero-order valence-corrected chi connectivity index (χ0v) is 16.0. The molecule has 140 valence electrons. The average Bonchev–Trinajstić information content (AvgIpc) is 2.70. The van der Waals surface area contributed by atoms with Crippen molar-refractivity contribution < 1.29 is 14.0 Å². The second-order valence-electron chi connectivity index (χ2n) is 5.61. The molecule has 1 heterocycles. The average molecular weight is 441 g/mol. The largest absolute Gasteiger partial charge is 0.320 e. The van der Waals surface area contributed by atoms with Crippen LogP contribution in [-0.2, 0) is 0 Å². The van der Waals surface area contributed by atoms with Gasteiger partial charge in [0.05, 0.1) is 17.5 Å². The Morgan fingerprint density at radius 3 is 2.64 bits per heavy atom. The second kappa shape index (κ2) is 9.01. The Morgan fingerprint density at radius 1 is 1.04 bits per heavy atom. The van der Waals surface area contributed by atoms with Crippen molar-refractivity contribution in [3.05, 3.63) is 94.0 Å². The summed E-state index contributed by atoms with van der Waals surface area (Å²) in [5, 5.41) is 6.50. The SMILES string of the molecule is O=C(Nc1ccc(Br)cc1C(=O)NN=Cc1cccc(F)c1)c1ccccn1. The van der Waals surface area contributed by atoms with Crippen molar-refractivity contribution in [1.29, 1.82) is 0 Å². The highest BCUT2D eigenvalue weighted by atomic mass is 79.9. The molecule has 0 fully saturated rings. The molecule has 0 aliphatic rings. The molecule has 0 aliphatic carbocycles. The van der Waals surface area contributed by atoms with E-state index < -0.39 is 17.6 Å². The highest BCUT2D eigenvalue weighted by Gasteiger charge is 2.15. The van der Waals surface area contributed by atoms with Crippen LogP contribution in [0.15, 0.2) is 76.4 Å². The first kappa shape index (κ1) is 19.4. The quantitative estimate of drug-likeness (QED) is 0.464. The number of hydrogen-bond acceptors (Lipinski definition) is 4. The molecule has 1 aromatic heterocycles. The fourth-order valence-electron chi connectivity index (χ4n) is 2.31. The number of pyridine rings is 1. The van der Waals surface area contributed by atoms with Gasteiger partial charge in [-0.2, -0.15) is 5.10 Å². The van der Waals surface area contributed by atoms with Gasteiger partial charge < -0.3 is 5.32 Å². The third-order valence-electron chi connectivity index (χ3n) is 3.60. The normalized spacial score (nSPS) is 10.6. The number of amides is 2. The van der Waals surface area contributed by atoms with E-state index in [2.05, 4.69) is 36.8 Å². The molecule has 2 N–H and O–H groups in total. The lowest BCUT2D eigenvalue weighted by Gasteiger charge is -2.10. The van der Waals surface area contributed by atoms with E-state index in [1.165, 1.54) is 30.6 Å². The summed E-state index contributed by atoms with van der Waals surface area (Å²) in [6, 6.07) is 15.6. The minimum absolute atomic E-state index is 0.204. The van der Waals surface area contributed by atoms with Crippen molar-refractivity contribution in [3.8, 4) is 0 Å². The van der Waals surface area contributed by atoms with Gasteiger partial charge in [0.2, 0.25) is 0 Å². The fraction of sp³-hybridized carbons (Fsp3) is 0. The van der Waals surface area contributed by atoms with Gasteiger partial charge in [-0.3, -0.25) is 14.6 Å². The van der Waals surface area contributed by atoms with Gasteiger partial charge in [-0.25, -0.2) is 9.82 Å². The van der Waals surface area contributed by atoms with E-state index in [-0.39, 0.29) is 11.3 Å². The zero-order valence-electron chi connectivity index (χ0n) is 14.4. The summed E-state index contributed by atoms with van der Waals surface area (Å²) in [7, 11) is 0. The number of rotatable bonds is 5. The summed E-state index contributed by atoms with van der Waals surface area (Å²) < 4.78 is 13.8. The third-order valence-corrected chi connectivity index (χ3v) is 4.09. The van der Waals surface area contributed by atoms with Crippen molar-refractivity contribution in [2.24, 2.45) is 5.10 Å². The number of aromatic nitrogens is 1. The highest BCUT2D eigenvalue weighted by molar-refractivity contribution is 9.10. The second-order valence-corrected chi connectivity index (χ2v) is 6.53. The molecule has 2 amide bonds. The molecule has 0 aliphatic heterocycles. The summed E-state index contributed by atoms with van der Waals surface area (Å²) in [6.07, 6.45) is 2.83. The number of halogens is 2. The van der Waals surface area contributed by atoms with Crippen molar-refractivity contribution >= 4 is 39.6 Å². The maximum Gasteiger partial charge on any atom is 0.274 e. The molecule has 8 heteroatoms. The van der Waals surface area contributed by atoms with Gasteiger partial charge in [-0.1, -0.05) is 34.1 Å². The van der Waals surface area contributed by atoms with Crippen molar-refractivity contribution in [1.82, 2.24) is 10.4 Å². The number of nitrogens with one attached hydrogen (secondary N) is 2. The fourth-order valence-corrected chi connectivity index (χ4v) is 2.67.